The van der Waals surface area contributed by atoms with Gasteiger partial charge in [-0.15, -0.1) is 0 Å². The maximum absolute atomic E-state index is 13.0. The summed E-state index contributed by atoms with van der Waals surface area (Å²) in [6.45, 7) is 5.00. The third-order valence-corrected chi connectivity index (χ3v) is 4.78. The van der Waals surface area contributed by atoms with E-state index in [2.05, 4.69) is 24.0 Å². The number of amides is 1. The van der Waals surface area contributed by atoms with E-state index in [1.807, 2.05) is 17.9 Å². The van der Waals surface area contributed by atoms with Gasteiger partial charge >= 0.3 is 0 Å². The van der Waals surface area contributed by atoms with Crippen LogP contribution < -0.4 is 0 Å². The number of nitrogens with one attached hydrogen (secondary N) is 1. The van der Waals surface area contributed by atoms with Crippen molar-refractivity contribution in [2.75, 3.05) is 13.2 Å². The zero-order chi connectivity index (χ0) is 15.7. The fraction of sp³-hybridized carbons (Fsp3) is 0.500. The summed E-state index contributed by atoms with van der Waals surface area (Å²) in [6.07, 6.45) is 3.85. The summed E-state index contributed by atoms with van der Waals surface area (Å²) < 4.78 is 0. The Morgan fingerprint density at radius 2 is 2.18 bits per heavy atom. The van der Waals surface area contributed by atoms with Crippen LogP contribution in [0.2, 0.25) is 0 Å². The highest BCUT2D eigenvalue weighted by molar-refractivity contribution is 6.01. The Hall–Kier alpha value is -1.81. The first-order valence-corrected chi connectivity index (χ1v) is 8.12. The van der Waals surface area contributed by atoms with Gasteiger partial charge in [-0.05, 0) is 57.2 Å². The Labute approximate surface area is 131 Å². The molecule has 1 aliphatic heterocycles. The number of fused-ring (bicyclic) bond motifs is 1. The minimum atomic E-state index is 0.0736. The van der Waals surface area contributed by atoms with E-state index >= 15 is 0 Å². The van der Waals surface area contributed by atoms with Crippen LogP contribution in [0.25, 0.3) is 10.9 Å². The molecule has 22 heavy (non-hydrogen) atoms. The van der Waals surface area contributed by atoms with Gasteiger partial charge in [-0.1, -0.05) is 11.6 Å². The van der Waals surface area contributed by atoms with Crippen molar-refractivity contribution in [3.63, 3.8) is 0 Å². The number of nitrogens with zero attached hydrogens (tertiary/aromatic N) is 1. The Morgan fingerprint density at radius 1 is 1.36 bits per heavy atom. The number of aryl methyl sites for hydroxylation is 2. The lowest BCUT2D eigenvalue weighted by molar-refractivity contribution is 0.0569. The van der Waals surface area contributed by atoms with Gasteiger partial charge in [0.05, 0.1) is 0 Å². The molecule has 3 rings (SSSR count). The molecule has 1 aromatic carbocycles. The van der Waals surface area contributed by atoms with Gasteiger partial charge in [0.1, 0.15) is 5.69 Å². The first-order chi connectivity index (χ1) is 10.6. The summed E-state index contributed by atoms with van der Waals surface area (Å²) in [5.41, 5.74) is 3.94. The van der Waals surface area contributed by atoms with E-state index in [0.29, 0.717) is 12.1 Å². The van der Waals surface area contributed by atoms with Crippen LogP contribution in [0.5, 0.6) is 0 Å². The molecule has 0 spiro atoms. The fourth-order valence-corrected chi connectivity index (χ4v) is 3.51. The second-order valence-electron chi connectivity index (χ2n) is 6.33. The molecule has 1 amide bonds. The van der Waals surface area contributed by atoms with Gasteiger partial charge in [-0.25, -0.2) is 0 Å². The topological polar surface area (TPSA) is 56.3 Å². The number of likely N-dealkylation sites (tertiary alicyclic amines) is 1. The zero-order valence-electron chi connectivity index (χ0n) is 13.4. The van der Waals surface area contributed by atoms with Gasteiger partial charge in [0.2, 0.25) is 0 Å². The predicted octanol–water partition coefficient (Wildman–Crippen LogP) is 3.16. The van der Waals surface area contributed by atoms with Crippen LogP contribution in [0.15, 0.2) is 18.2 Å². The molecule has 1 saturated heterocycles. The van der Waals surface area contributed by atoms with Crippen molar-refractivity contribution in [3.05, 3.63) is 35.0 Å². The summed E-state index contributed by atoms with van der Waals surface area (Å²) in [5, 5.41) is 10.4. The predicted molar refractivity (Wildman–Crippen MR) is 88.2 cm³/mol. The van der Waals surface area contributed by atoms with Gasteiger partial charge < -0.3 is 15.0 Å². The number of aromatic amines is 1. The number of aromatic nitrogens is 1. The van der Waals surface area contributed by atoms with Crippen LogP contribution in [-0.4, -0.2) is 40.1 Å². The molecule has 4 nitrogen and oxygen atoms in total. The first-order valence-electron chi connectivity index (χ1n) is 8.12. The Kier molecular flexibility index (Phi) is 4.21. The van der Waals surface area contributed by atoms with Crippen molar-refractivity contribution in [3.8, 4) is 0 Å². The number of piperidine rings is 1. The standard InChI is InChI=1S/C18H24N2O2/c1-12-6-7-16-15(11-12)13(2)17(19-16)18(22)20-9-4-3-5-14(20)8-10-21/h6-7,11,14,19,21H,3-5,8-10H2,1-2H3. The molecule has 2 N–H and O–H groups in total. The Morgan fingerprint density at radius 3 is 2.95 bits per heavy atom. The average Bonchev–Trinajstić information content (AvgIpc) is 2.84. The number of carbonyl (C=O) groups is 1. The van der Waals surface area contributed by atoms with Gasteiger partial charge in [0.15, 0.2) is 0 Å². The van der Waals surface area contributed by atoms with Crippen LogP contribution in [0, 0.1) is 13.8 Å². The molecule has 1 atom stereocenters. The lowest BCUT2D eigenvalue weighted by Gasteiger charge is -2.35. The third kappa shape index (κ3) is 2.63. The highest BCUT2D eigenvalue weighted by Crippen LogP contribution is 2.27. The van der Waals surface area contributed by atoms with E-state index in [-0.39, 0.29) is 18.6 Å². The summed E-state index contributed by atoms with van der Waals surface area (Å²) in [6, 6.07) is 6.38. The SMILES string of the molecule is Cc1ccc2[nH]c(C(=O)N3CCCCC3CCO)c(C)c2c1. The van der Waals surface area contributed by atoms with Crippen LogP contribution in [-0.2, 0) is 0 Å². The molecule has 1 aliphatic rings. The number of benzene rings is 1. The second-order valence-corrected chi connectivity index (χ2v) is 6.33. The number of aliphatic hydroxyl groups excluding tert-OH is 1. The normalized spacial score (nSPS) is 18.9. The Balaban J connectivity index is 1.95. The van der Waals surface area contributed by atoms with Gasteiger partial charge in [0, 0.05) is 30.1 Å². The molecule has 4 heteroatoms. The van der Waals surface area contributed by atoms with Crippen LogP contribution in [0.1, 0.15) is 47.3 Å². The molecule has 2 heterocycles. The van der Waals surface area contributed by atoms with Crippen LogP contribution in [0.4, 0.5) is 0 Å². The van der Waals surface area contributed by atoms with Crippen molar-refractivity contribution in [2.24, 2.45) is 0 Å². The first kappa shape index (κ1) is 15.1. The average molecular weight is 300 g/mol. The number of hydrogen-bond donors (Lipinski definition) is 2. The molecule has 0 aliphatic carbocycles. The lowest BCUT2D eigenvalue weighted by atomic mass is 9.98. The van der Waals surface area contributed by atoms with Crippen molar-refractivity contribution < 1.29 is 9.90 Å². The molecule has 1 aromatic heterocycles. The molecule has 118 valence electrons. The molecule has 0 bridgehead atoms. The molecule has 0 saturated carbocycles. The number of rotatable bonds is 3. The van der Waals surface area contributed by atoms with E-state index in [1.54, 1.807) is 0 Å². The van der Waals surface area contributed by atoms with Crippen LogP contribution in [0.3, 0.4) is 0 Å². The van der Waals surface area contributed by atoms with Gasteiger partial charge in [0.25, 0.3) is 5.91 Å². The van der Waals surface area contributed by atoms with E-state index in [0.717, 1.165) is 42.3 Å². The monoisotopic (exact) mass is 300 g/mol. The molecular weight excluding hydrogens is 276 g/mol. The third-order valence-electron chi connectivity index (χ3n) is 4.78. The van der Waals surface area contributed by atoms with Crippen LogP contribution >= 0.6 is 0 Å². The quantitative estimate of drug-likeness (QED) is 0.915. The zero-order valence-corrected chi connectivity index (χ0v) is 13.4. The van der Waals surface area contributed by atoms with Crippen molar-refractivity contribution in [1.82, 2.24) is 9.88 Å². The number of H-pyrrole nitrogens is 1. The van der Waals surface area contributed by atoms with Gasteiger partial charge in [-0.3, -0.25) is 4.79 Å². The number of hydrogen-bond acceptors (Lipinski definition) is 2. The summed E-state index contributed by atoms with van der Waals surface area (Å²) in [5.74, 6) is 0.0736. The van der Waals surface area contributed by atoms with Crippen molar-refractivity contribution in [2.45, 2.75) is 45.6 Å². The lowest BCUT2D eigenvalue weighted by Crippen LogP contribution is -2.44. The molecule has 1 fully saturated rings. The number of aliphatic hydroxyl groups is 1. The van der Waals surface area contributed by atoms with E-state index in [4.69, 9.17) is 0 Å². The van der Waals surface area contributed by atoms with Crippen molar-refractivity contribution >= 4 is 16.8 Å². The minimum Gasteiger partial charge on any atom is -0.396 e. The second kappa shape index (κ2) is 6.13. The molecule has 2 aromatic rings. The molecule has 0 radical (unpaired) electrons. The maximum Gasteiger partial charge on any atom is 0.270 e. The minimum absolute atomic E-state index is 0.0736. The summed E-state index contributed by atoms with van der Waals surface area (Å²) in [4.78, 5) is 18.2. The van der Waals surface area contributed by atoms with E-state index in [1.165, 1.54) is 5.56 Å². The van der Waals surface area contributed by atoms with Crippen molar-refractivity contribution in [1.29, 1.82) is 0 Å². The largest absolute Gasteiger partial charge is 0.396 e. The number of carbonyl (C=O) groups excluding carboxylic acids is 1. The smallest absolute Gasteiger partial charge is 0.270 e. The maximum atomic E-state index is 13.0. The fourth-order valence-electron chi connectivity index (χ4n) is 3.51. The molecular formula is C18H24N2O2. The molecule has 1 unspecified atom stereocenters. The van der Waals surface area contributed by atoms with E-state index in [9.17, 15) is 9.90 Å². The van der Waals surface area contributed by atoms with E-state index < -0.39 is 0 Å². The summed E-state index contributed by atoms with van der Waals surface area (Å²) >= 11 is 0. The highest BCUT2D eigenvalue weighted by Gasteiger charge is 2.29. The summed E-state index contributed by atoms with van der Waals surface area (Å²) in [7, 11) is 0. The van der Waals surface area contributed by atoms with Gasteiger partial charge in [-0.2, -0.15) is 0 Å². The highest BCUT2D eigenvalue weighted by atomic mass is 16.3. The Bertz CT molecular complexity index is 688.